The van der Waals surface area contributed by atoms with E-state index >= 15 is 0 Å². The molecule has 25 heavy (non-hydrogen) atoms. The highest BCUT2D eigenvalue weighted by Crippen LogP contribution is 2.35. The van der Waals surface area contributed by atoms with Gasteiger partial charge in [0.1, 0.15) is 0 Å². The summed E-state index contributed by atoms with van der Waals surface area (Å²) in [5, 5.41) is 0. The summed E-state index contributed by atoms with van der Waals surface area (Å²) in [5.74, 6) is 0.106. The van der Waals surface area contributed by atoms with Crippen molar-refractivity contribution in [3.05, 3.63) is 40.4 Å². The molecule has 1 aromatic rings. The maximum Gasteiger partial charge on any atom is 0.331 e. The van der Waals surface area contributed by atoms with Crippen LogP contribution in [0.4, 0.5) is 0 Å². The maximum atomic E-state index is 12.5. The number of amides is 1. The number of benzene rings is 1. The van der Waals surface area contributed by atoms with E-state index in [0.717, 1.165) is 29.4 Å². The first kappa shape index (κ1) is 18.2. The summed E-state index contributed by atoms with van der Waals surface area (Å²) in [6.07, 6.45) is 10.1. The predicted octanol–water partition coefficient (Wildman–Crippen LogP) is 4.19. The van der Waals surface area contributed by atoms with Crippen LogP contribution in [0.25, 0.3) is 6.08 Å². The quantitative estimate of drug-likeness (QED) is 0.557. The highest BCUT2D eigenvalue weighted by atomic mass is 79.9. The lowest BCUT2D eigenvalue weighted by atomic mass is 9.78. The summed E-state index contributed by atoms with van der Waals surface area (Å²) < 4.78 is 6.14. The normalized spacial score (nSPS) is 23.3. The van der Waals surface area contributed by atoms with Crippen LogP contribution in [0.3, 0.4) is 0 Å². The molecule has 0 bridgehead atoms. The summed E-state index contributed by atoms with van der Waals surface area (Å²) in [7, 11) is 0. The maximum absolute atomic E-state index is 12.5. The van der Waals surface area contributed by atoms with Gasteiger partial charge in [0.15, 0.2) is 6.61 Å². The van der Waals surface area contributed by atoms with Crippen molar-refractivity contribution < 1.29 is 14.3 Å². The molecule has 1 saturated carbocycles. The fourth-order valence-electron chi connectivity index (χ4n) is 3.94. The van der Waals surface area contributed by atoms with Crippen LogP contribution in [-0.4, -0.2) is 36.0 Å². The number of fused-ring (bicyclic) bond motifs is 1. The van der Waals surface area contributed by atoms with Crippen LogP contribution in [-0.2, 0) is 14.3 Å². The minimum Gasteiger partial charge on any atom is -0.452 e. The first-order chi connectivity index (χ1) is 12.1. The highest BCUT2D eigenvalue weighted by molar-refractivity contribution is 9.10. The molecule has 0 aromatic heterocycles. The van der Waals surface area contributed by atoms with E-state index in [1.807, 2.05) is 29.2 Å². The number of hydrogen-bond acceptors (Lipinski definition) is 3. The van der Waals surface area contributed by atoms with E-state index in [9.17, 15) is 9.59 Å². The molecule has 1 amide bonds. The number of carbonyl (C=O) groups is 2. The van der Waals surface area contributed by atoms with Gasteiger partial charge in [-0.2, -0.15) is 0 Å². The van der Waals surface area contributed by atoms with Crippen LogP contribution in [0.1, 0.15) is 44.1 Å². The van der Waals surface area contributed by atoms with Gasteiger partial charge < -0.3 is 9.64 Å². The SMILES string of the molecule is O=C(/C=C/c1ccc(Br)cc1)OCC(=O)N1CCC[C@H]2CCCC[C@@H]21. The van der Waals surface area contributed by atoms with Gasteiger partial charge in [-0.15, -0.1) is 0 Å². The topological polar surface area (TPSA) is 46.6 Å². The van der Waals surface area contributed by atoms with E-state index in [0.29, 0.717) is 12.0 Å². The predicted molar refractivity (Wildman–Crippen MR) is 101 cm³/mol. The molecule has 0 spiro atoms. The van der Waals surface area contributed by atoms with Crippen LogP contribution in [0.2, 0.25) is 0 Å². The molecule has 2 atom stereocenters. The number of carbonyl (C=O) groups excluding carboxylic acids is 2. The van der Waals surface area contributed by atoms with Gasteiger partial charge in [0.25, 0.3) is 5.91 Å². The van der Waals surface area contributed by atoms with Crippen LogP contribution in [0.5, 0.6) is 0 Å². The third-order valence-corrected chi connectivity index (χ3v) is 5.71. The molecule has 0 unspecified atom stereocenters. The number of hydrogen-bond donors (Lipinski definition) is 0. The van der Waals surface area contributed by atoms with E-state index in [4.69, 9.17) is 4.74 Å². The van der Waals surface area contributed by atoms with Gasteiger partial charge in [-0.25, -0.2) is 4.79 Å². The molecular formula is C20H24BrNO3. The Balaban J connectivity index is 1.49. The largest absolute Gasteiger partial charge is 0.452 e. The Bertz CT molecular complexity index is 639. The summed E-state index contributed by atoms with van der Waals surface area (Å²) in [4.78, 5) is 26.3. The second kappa shape index (κ2) is 8.65. The van der Waals surface area contributed by atoms with Crippen molar-refractivity contribution in [1.29, 1.82) is 0 Å². The van der Waals surface area contributed by atoms with Crippen LogP contribution >= 0.6 is 15.9 Å². The van der Waals surface area contributed by atoms with Crippen molar-refractivity contribution in [1.82, 2.24) is 4.90 Å². The Kier molecular flexibility index (Phi) is 6.29. The zero-order valence-electron chi connectivity index (χ0n) is 14.3. The van der Waals surface area contributed by atoms with Crippen molar-refractivity contribution >= 4 is 33.9 Å². The second-order valence-corrected chi connectivity index (χ2v) is 7.75. The van der Waals surface area contributed by atoms with Gasteiger partial charge in [-0.1, -0.05) is 40.9 Å². The van der Waals surface area contributed by atoms with E-state index in [1.165, 1.54) is 31.8 Å². The highest BCUT2D eigenvalue weighted by Gasteiger charge is 2.35. The van der Waals surface area contributed by atoms with Crippen LogP contribution < -0.4 is 0 Å². The Hall–Kier alpha value is -1.62. The van der Waals surface area contributed by atoms with Gasteiger partial charge in [0.2, 0.25) is 0 Å². The Morgan fingerprint density at radius 1 is 1.12 bits per heavy atom. The number of piperidine rings is 1. The Morgan fingerprint density at radius 3 is 2.64 bits per heavy atom. The third-order valence-electron chi connectivity index (χ3n) is 5.18. The van der Waals surface area contributed by atoms with Gasteiger partial charge in [-0.3, -0.25) is 4.79 Å². The minimum absolute atomic E-state index is 0.0537. The smallest absolute Gasteiger partial charge is 0.331 e. The lowest BCUT2D eigenvalue weighted by molar-refractivity contribution is -0.151. The summed E-state index contributed by atoms with van der Waals surface area (Å²) in [6.45, 7) is 0.638. The third kappa shape index (κ3) is 4.94. The second-order valence-electron chi connectivity index (χ2n) is 6.83. The molecule has 0 radical (unpaired) electrons. The van der Waals surface area contributed by atoms with Crippen molar-refractivity contribution in [2.24, 2.45) is 5.92 Å². The Labute approximate surface area is 157 Å². The molecule has 3 rings (SSSR count). The molecule has 134 valence electrons. The van der Waals surface area contributed by atoms with Crippen molar-refractivity contribution in [3.8, 4) is 0 Å². The van der Waals surface area contributed by atoms with Crippen molar-refractivity contribution in [2.45, 2.75) is 44.6 Å². The average molecular weight is 406 g/mol. The zero-order chi connectivity index (χ0) is 17.6. The van der Waals surface area contributed by atoms with E-state index < -0.39 is 5.97 Å². The number of rotatable bonds is 4. The van der Waals surface area contributed by atoms with Crippen LogP contribution in [0.15, 0.2) is 34.8 Å². The molecule has 1 aromatic carbocycles. The molecule has 2 aliphatic rings. The van der Waals surface area contributed by atoms with Gasteiger partial charge in [0, 0.05) is 23.1 Å². The summed E-state index contributed by atoms with van der Waals surface area (Å²) in [6, 6.07) is 7.97. The molecule has 5 heteroatoms. The molecule has 0 N–H and O–H groups in total. The lowest BCUT2D eigenvalue weighted by Gasteiger charge is -2.44. The number of likely N-dealkylation sites (tertiary alicyclic amines) is 1. The molecule has 4 nitrogen and oxygen atoms in total. The van der Waals surface area contributed by atoms with Crippen molar-refractivity contribution in [3.63, 3.8) is 0 Å². The van der Waals surface area contributed by atoms with E-state index in [-0.39, 0.29) is 12.5 Å². The van der Waals surface area contributed by atoms with Gasteiger partial charge in [-0.05, 0) is 55.4 Å². The standard InChI is InChI=1S/C20H24BrNO3/c21-17-10-7-15(8-11-17)9-12-20(24)25-14-19(23)22-13-3-5-16-4-1-2-6-18(16)22/h7-12,16,18H,1-6,13-14H2/b12-9+/t16-,18+/m1/s1. The first-order valence-corrected chi connectivity index (χ1v) is 9.82. The Morgan fingerprint density at radius 2 is 1.84 bits per heavy atom. The number of esters is 1. The fourth-order valence-corrected chi connectivity index (χ4v) is 4.20. The zero-order valence-corrected chi connectivity index (χ0v) is 15.9. The van der Waals surface area contributed by atoms with Gasteiger partial charge >= 0.3 is 5.97 Å². The molecule has 1 aliphatic heterocycles. The molecular weight excluding hydrogens is 382 g/mol. The number of ether oxygens (including phenoxy) is 1. The summed E-state index contributed by atoms with van der Waals surface area (Å²) >= 11 is 3.37. The summed E-state index contributed by atoms with van der Waals surface area (Å²) in [5.41, 5.74) is 0.910. The fraction of sp³-hybridized carbons (Fsp3) is 0.500. The molecule has 1 heterocycles. The van der Waals surface area contributed by atoms with Gasteiger partial charge in [0.05, 0.1) is 0 Å². The van der Waals surface area contributed by atoms with E-state index in [2.05, 4.69) is 15.9 Å². The average Bonchev–Trinajstić information content (AvgIpc) is 2.65. The molecule has 1 aliphatic carbocycles. The van der Waals surface area contributed by atoms with E-state index in [1.54, 1.807) is 6.08 Å². The van der Waals surface area contributed by atoms with Crippen molar-refractivity contribution in [2.75, 3.05) is 13.2 Å². The molecule has 2 fully saturated rings. The first-order valence-electron chi connectivity index (χ1n) is 9.03. The van der Waals surface area contributed by atoms with Crippen LogP contribution in [0, 0.1) is 5.92 Å². The monoisotopic (exact) mass is 405 g/mol. The number of nitrogens with zero attached hydrogens (tertiary/aromatic N) is 1. The number of halogens is 1. The minimum atomic E-state index is -0.478. The molecule has 1 saturated heterocycles. The lowest BCUT2D eigenvalue weighted by Crippen LogP contribution is -2.50.